The molecule has 3 heteroatoms. The van der Waals surface area contributed by atoms with E-state index in [2.05, 4.69) is 4.98 Å². The molecule has 1 aromatic heterocycles. The highest BCUT2D eigenvalue weighted by Gasteiger charge is 2.17. The Hall–Kier alpha value is -0.760. The van der Waals surface area contributed by atoms with Gasteiger partial charge in [0.25, 0.3) is 0 Å². The molecule has 1 aromatic rings. The summed E-state index contributed by atoms with van der Waals surface area (Å²) in [5, 5.41) is 0.668. The van der Waals surface area contributed by atoms with E-state index < -0.39 is 0 Å². The first-order chi connectivity index (χ1) is 6.75. The van der Waals surface area contributed by atoms with E-state index in [1.165, 1.54) is 12.8 Å². The number of halogens is 1. The average Bonchev–Trinajstić information content (AvgIpc) is 2.62. The van der Waals surface area contributed by atoms with Crippen molar-refractivity contribution < 1.29 is 4.74 Å². The van der Waals surface area contributed by atoms with Gasteiger partial charge < -0.3 is 4.74 Å². The monoisotopic (exact) mass is 211 g/mol. The summed E-state index contributed by atoms with van der Waals surface area (Å²) in [6, 6.07) is 1.89. The number of hydrogen-bond acceptors (Lipinski definition) is 2. The van der Waals surface area contributed by atoms with Crippen LogP contribution in [-0.2, 0) is 0 Å². The van der Waals surface area contributed by atoms with Crippen molar-refractivity contribution in [3.8, 4) is 5.88 Å². The van der Waals surface area contributed by atoms with Gasteiger partial charge in [0.15, 0.2) is 0 Å². The summed E-state index contributed by atoms with van der Waals surface area (Å²) in [5.74, 6) is 0.737. The number of aryl methyl sites for hydroxylation is 1. The summed E-state index contributed by atoms with van der Waals surface area (Å²) in [4.78, 5) is 4.19. The number of hydrogen-bond donors (Lipinski definition) is 0. The Labute approximate surface area is 89.3 Å². The first kappa shape index (κ1) is 9.78. The summed E-state index contributed by atoms with van der Waals surface area (Å²) < 4.78 is 5.79. The maximum absolute atomic E-state index is 5.82. The molecule has 2 rings (SSSR count). The molecule has 1 aliphatic rings. The zero-order valence-electron chi connectivity index (χ0n) is 8.29. The first-order valence-corrected chi connectivity index (χ1v) is 5.42. The predicted octanol–water partition coefficient (Wildman–Crippen LogP) is 3.36. The Balaban J connectivity index is 2.08. The van der Waals surface area contributed by atoms with Gasteiger partial charge in [-0.3, -0.25) is 0 Å². The van der Waals surface area contributed by atoms with Crippen LogP contribution in [0, 0.1) is 6.92 Å². The maximum atomic E-state index is 5.82. The van der Waals surface area contributed by atoms with Crippen molar-refractivity contribution in [3.05, 3.63) is 22.8 Å². The lowest BCUT2D eigenvalue weighted by Crippen LogP contribution is -2.12. The first-order valence-electron chi connectivity index (χ1n) is 5.04. The number of rotatable bonds is 2. The highest BCUT2D eigenvalue weighted by atomic mass is 35.5. The number of ether oxygens (including phenoxy) is 1. The molecule has 0 aliphatic heterocycles. The number of pyridine rings is 1. The second-order valence-corrected chi connectivity index (χ2v) is 4.24. The highest BCUT2D eigenvalue weighted by Crippen LogP contribution is 2.25. The molecule has 14 heavy (non-hydrogen) atoms. The van der Waals surface area contributed by atoms with Crippen LogP contribution in [0.15, 0.2) is 12.3 Å². The van der Waals surface area contributed by atoms with E-state index in [-0.39, 0.29) is 0 Å². The van der Waals surface area contributed by atoms with Gasteiger partial charge in [-0.25, -0.2) is 4.98 Å². The van der Waals surface area contributed by atoms with Crippen LogP contribution in [0.25, 0.3) is 0 Å². The summed E-state index contributed by atoms with van der Waals surface area (Å²) in [5.41, 5.74) is 1.02. The standard InChI is InChI=1S/C11H14ClNO/c1-8-6-9(12)7-13-11(8)14-10-4-2-3-5-10/h6-7,10H,2-5H2,1H3. The maximum Gasteiger partial charge on any atom is 0.216 e. The van der Waals surface area contributed by atoms with Crippen LogP contribution in [0.5, 0.6) is 5.88 Å². The lowest BCUT2D eigenvalue weighted by molar-refractivity contribution is 0.200. The van der Waals surface area contributed by atoms with Crippen LogP contribution in [0.4, 0.5) is 0 Å². The molecule has 0 atom stereocenters. The van der Waals surface area contributed by atoms with Gasteiger partial charge in [0, 0.05) is 11.8 Å². The number of aromatic nitrogens is 1. The van der Waals surface area contributed by atoms with Gasteiger partial charge >= 0.3 is 0 Å². The fraction of sp³-hybridized carbons (Fsp3) is 0.545. The van der Waals surface area contributed by atoms with E-state index in [1.807, 2.05) is 13.0 Å². The van der Waals surface area contributed by atoms with Gasteiger partial charge in [-0.1, -0.05) is 11.6 Å². The van der Waals surface area contributed by atoms with Crippen molar-refractivity contribution in [1.29, 1.82) is 0 Å². The van der Waals surface area contributed by atoms with E-state index in [4.69, 9.17) is 16.3 Å². The Bertz CT molecular complexity index is 321. The van der Waals surface area contributed by atoms with E-state index in [0.29, 0.717) is 11.1 Å². The molecular formula is C11H14ClNO. The second kappa shape index (κ2) is 4.18. The molecule has 0 saturated heterocycles. The van der Waals surface area contributed by atoms with Crippen LogP contribution < -0.4 is 4.74 Å². The SMILES string of the molecule is Cc1cc(Cl)cnc1OC1CCCC1. The molecule has 1 fully saturated rings. The lowest BCUT2D eigenvalue weighted by Gasteiger charge is -2.13. The molecule has 0 spiro atoms. The van der Waals surface area contributed by atoms with Crippen molar-refractivity contribution in [2.45, 2.75) is 38.7 Å². The molecule has 0 radical (unpaired) electrons. The van der Waals surface area contributed by atoms with Crippen molar-refractivity contribution in [3.63, 3.8) is 0 Å². The highest BCUT2D eigenvalue weighted by molar-refractivity contribution is 6.30. The normalized spacial score (nSPS) is 17.3. The largest absolute Gasteiger partial charge is 0.474 e. The van der Waals surface area contributed by atoms with Gasteiger partial charge in [0.2, 0.25) is 5.88 Å². The van der Waals surface area contributed by atoms with Gasteiger partial charge in [0.05, 0.1) is 5.02 Å². The quantitative estimate of drug-likeness (QED) is 0.749. The molecule has 0 N–H and O–H groups in total. The van der Waals surface area contributed by atoms with Gasteiger partial charge in [-0.2, -0.15) is 0 Å². The molecular weight excluding hydrogens is 198 g/mol. The zero-order valence-corrected chi connectivity index (χ0v) is 9.05. The van der Waals surface area contributed by atoms with Crippen LogP contribution in [0.2, 0.25) is 5.02 Å². The molecule has 0 bridgehead atoms. The van der Waals surface area contributed by atoms with Crippen molar-refractivity contribution in [2.75, 3.05) is 0 Å². The topological polar surface area (TPSA) is 22.1 Å². The fourth-order valence-corrected chi connectivity index (χ4v) is 2.03. The fourth-order valence-electron chi connectivity index (χ4n) is 1.82. The molecule has 1 saturated carbocycles. The molecule has 0 aromatic carbocycles. The van der Waals surface area contributed by atoms with Crippen LogP contribution in [0.3, 0.4) is 0 Å². The Morgan fingerprint density at radius 3 is 2.79 bits per heavy atom. The van der Waals surface area contributed by atoms with E-state index in [1.54, 1.807) is 6.20 Å². The Morgan fingerprint density at radius 1 is 1.43 bits per heavy atom. The Morgan fingerprint density at radius 2 is 2.14 bits per heavy atom. The average molecular weight is 212 g/mol. The second-order valence-electron chi connectivity index (χ2n) is 3.80. The van der Waals surface area contributed by atoms with E-state index in [9.17, 15) is 0 Å². The molecule has 0 unspecified atom stereocenters. The third kappa shape index (κ3) is 2.18. The Kier molecular flexibility index (Phi) is 2.92. The lowest BCUT2D eigenvalue weighted by atomic mass is 10.3. The summed E-state index contributed by atoms with van der Waals surface area (Å²) in [6.45, 7) is 1.98. The van der Waals surface area contributed by atoms with E-state index >= 15 is 0 Å². The predicted molar refractivity (Wildman–Crippen MR) is 56.9 cm³/mol. The molecule has 2 nitrogen and oxygen atoms in total. The minimum absolute atomic E-state index is 0.363. The van der Waals surface area contributed by atoms with Crippen LogP contribution in [-0.4, -0.2) is 11.1 Å². The van der Waals surface area contributed by atoms with Crippen molar-refractivity contribution >= 4 is 11.6 Å². The molecule has 1 heterocycles. The van der Waals surface area contributed by atoms with Crippen LogP contribution in [0.1, 0.15) is 31.2 Å². The van der Waals surface area contributed by atoms with Crippen LogP contribution >= 0.6 is 11.6 Å². The third-order valence-electron chi connectivity index (χ3n) is 2.58. The molecule has 76 valence electrons. The summed E-state index contributed by atoms with van der Waals surface area (Å²) in [7, 11) is 0. The molecule has 0 amide bonds. The van der Waals surface area contributed by atoms with Crippen molar-refractivity contribution in [1.82, 2.24) is 4.98 Å². The van der Waals surface area contributed by atoms with Gasteiger partial charge in [0.1, 0.15) is 6.10 Å². The third-order valence-corrected chi connectivity index (χ3v) is 2.78. The van der Waals surface area contributed by atoms with E-state index in [0.717, 1.165) is 24.3 Å². The minimum Gasteiger partial charge on any atom is -0.474 e. The number of nitrogens with zero attached hydrogens (tertiary/aromatic N) is 1. The van der Waals surface area contributed by atoms with Crippen molar-refractivity contribution in [2.24, 2.45) is 0 Å². The van der Waals surface area contributed by atoms with Gasteiger partial charge in [-0.15, -0.1) is 0 Å². The minimum atomic E-state index is 0.363. The summed E-state index contributed by atoms with van der Waals surface area (Å²) >= 11 is 5.82. The smallest absolute Gasteiger partial charge is 0.216 e. The summed E-state index contributed by atoms with van der Waals surface area (Å²) in [6.07, 6.45) is 6.86. The zero-order chi connectivity index (χ0) is 9.97. The molecule has 1 aliphatic carbocycles. The van der Waals surface area contributed by atoms with Gasteiger partial charge in [-0.05, 0) is 38.7 Å².